The molecule has 0 aliphatic rings. The van der Waals surface area contributed by atoms with Crippen LogP contribution >= 0.6 is 0 Å². The lowest BCUT2D eigenvalue weighted by Crippen LogP contribution is -2.32. The molecule has 2 rings (SSSR count). The summed E-state index contributed by atoms with van der Waals surface area (Å²) in [6, 6.07) is 9.92. The third-order valence-electron chi connectivity index (χ3n) is 3.95. The predicted molar refractivity (Wildman–Crippen MR) is 96.6 cm³/mol. The lowest BCUT2D eigenvalue weighted by Gasteiger charge is -2.22. The van der Waals surface area contributed by atoms with E-state index in [1.54, 1.807) is 10.9 Å². The van der Waals surface area contributed by atoms with Crippen LogP contribution in [0.3, 0.4) is 0 Å². The van der Waals surface area contributed by atoms with E-state index in [1.807, 2.05) is 65.0 Å². The van der Waals surface area contributed by atoms with Gasteiger partial charge in [0.1, 0.15) is 4.90 Å². The maximum absolute atomic E-state index is 13.0. The first kappa shape index (κ1) is 18.7. The van der Waals surface area contributed by atoms with Gasteiger partial charge in [0.15, 0.2) is 0 Å². The van der Waals surface area contributed by atoms with E-state index in [0.717, 1.165) is 5.56 Å². The molecule has 0 atom stereocenters. The van der Waals surface area contributed by atoms with Crippen molar-refractivity contribution >= 4 is 10.0 Å². The molecule has 0 saturated carbocycles. The molecule has 1 aromatic heterocycles. The Kier molecular flexibility index (Phi) is 5.50. The van der Waals surface area contributed by atoms with Gasteiger partial charge in [-0.05, 0) is 5.56 Å². The van der Waals surface area contributed by atoms with E-state index in [1.165, 1.54) is 4.31 Å². The summed E-state index contributed by atoms with van der Waals surface area (Å²) in [6.45, 7) is 11.1. The molecule has 0 saturated heterocycles. The molecule has 6 heteroatoms. The highest BCUT2D eigenvalue weighted by Gasteiger charge is 2.32. The van der Waals surface area contributed by atoms with Gasteiger partial charge in [-0.2, -0.15) is 9.40 Å². The van der Waals surface area contributed by atoms with Gasteiger partial charge < -0.3 is 0 Å². The van der Waals surface area contributed by atoms with E-state index >= 15 is 0 Å². The first-order valence-corrected chi connectivity index (χ1v) is 9.76. The third-order valence-corrected chi connectivity index (χ3v) is 6.00. The topological polar surface area (TPSA) is 55.2 Å². The van der Waals surface area contributed by atoms with E-state index in [0.29, 0.717) is 30.2 Å². The van der Waals surface area contributed by atoms with Crippen LogP contribution in [-0.4, -0.2) is 35.6 Å². The number of hydrogen-bond acceptors (Lipinski definition) is 3. The summed E-state index contributed by atoms with van der Waals surface area (Å²) in [7, 11) is -3.54. The minimum Gasteiger partial charge on any atom is -0.267 e. The van der Waals surface area contributed by atoms with Crippen molar-refractivity contribution in [3.63, 3.8) is 0 Å². The summed E-state index contributed by atoms with van der Waals surface area (Å²) in [4.78, 5) is 0.314. The molecular formula is C18H27N3O2S. The number of hydrogen-bond donors (Lipinski definition) is 0. The van der Waals surface area contributed by atoms with Gasteiger partial charge in [-0.25, -0.2) is 8.42 Å². The average molecular weight is 350 g/mol. The van der Waals surface area contributed by atoms with E-state index in [2.05, 4.69) is 5.10 Å². The van der Waals surface area contributed by atoms with E-state index < -0.39 is 10.0 Å². The summed E-state index contributed by atoms with van der Waals surface area (Å²) < 4.78 is 29.2. The van der Waals surface area contributed by atoms with Crippen LogP contribution in [0, 0.1) is 0 Å². The SMILES string of the molecule is CCN(CC)S(=O)(=O)c1cn(Cc2ccccc2)nc1C(C)(C)C. The fourth-order valence-corrected chi connectivity index (χ4v) is 4.47. The second kappa shape index (κ2) is 7.07. The molecule has 132 valence electrons. The Bertz CT molecular complexity index is 770. The molecular weight excluding hydrogens is 322 g/mol. The largest absolute Gasteiger partial charge is 0.267 e. The standard InChI is InChI=1S/C18H27N3O2S/c1-6-21(7-2)24(22,23)16-14-20(19-17(16)18(3,4)5)13-15-11-9-8-10-12-15/h8-12,14H,6-7,13H2,1-5H3. The van der Waals surface area contributed by atoms with Gasteiger partial charge in [-0.3, -0.25) is 4.68 Å². The van der Waals surface area contributed by atoms with Crippen molar-refractivity contribution < 1.29 is 8.42 Å². The van der Waals surface area contributed by atoms with Crippen molar-refractivity contribution in [2.45, 2.75) is 51.5 Å². The van der Waals surface area contributed by atoms with Crippen LogP contribution in [0.25, 0.3) is 0 Å². The van der Waals surface area contributed by atoms with Crippen LogP contribution in [0.2, 0.25) is 0 Å². The van der Waals surface area contributed by atoms with Crippen molar-refractivity contribution in [2.24, 2.45) is 0 Å². The highest BCUT2D eigenvalue weighted by Crippen LogP contribution is 2.29. The summed E-state index contributed by atoms with van der Waals surface area (Å²) in [6.07, 6.45) is 1.67. The van der Waals surface area contributed by atoms with Gasteiger partial charge in [0, 0.05) is 24.7 Å². The zero-order valence-corrected chi connectivity index (χ0v) is 16.0. The van der Waals surface area contributed by atoms with Crippen LogP contribution in [0.15, 0.2) is 41.4 Å². The molecule has 1 heterocycles. The molecule has 0 N–H and O–H groups in total. The highest BCUT2D eigenvalue weighted by atomic mass is 32.2. The Morgan fingerprint density at radius 2 is 1.67 bits per heavy atom. The Balaban J connectivity index is 2.51. The molecule has 0 bridgehead atoms. The molecule has 24 heavy (non-hydrogen) atoms. The summed E-state index contributed by atoms with van der Waals surface area (Å²) >= 11 is 0. The monoisotopic (exact) mass is 349 g/mol. The zero-order chi connectivity index (χ0) is 18.0. The first-order chi connectivity index (χ1) is 11.2. The van der Waals surface area contributed by atoms with Crippen molar-refractivity contribution in [3.8, 4) is 0 Å². The molecule has 2 aromatic rings. The Labute approximate surface area is 145 Å². The molecule has 0 fully saturated rings. The third kappa shape index (κ3) is 3.87. The minimum atomic E-state index is -3.54. The number of aromatic nitrogens is 2. The molecule has 0 radical (unpaired) electrons. The predicted octanol–water partition coefficient (Wildman–Crippen LogP) is 3.26. The summed E-state index contributed by atoms with van der Waals surface area (Å²) in [5.41, 5.74) is 1.36. The van der Waals surface area contributed by atoms with Crippen LogP contribution in [-0.2, 0) is 22.0 Å². The number of sulfonamides is 1. The lowest BCUT2D eigenvalue weighted by atomic mass is 9.92. The maximum atomic E-state index is 13.0. The molecule has 0 aliphatic carbocycles. The van der Waals surface area contributed by atoms with Crippen molar-refractivity contribution in [1.82, 2.24) is 14.1 Å². The summed E-state index contributed by atoms with van der Waals surface area (Å²) in [5.74, 6) is 0. The highest BCUT2D eigenvalue weighted by molar-refractivity contribution is 7.89. The van der Waals surface area contributed by atoms with Crippen LogP contribution in [0.4, 0.5) is 0 Å². The quantitative estimate of drug-likeness (QED) is 0.804. The normalized spacial score (nSPS) is 12.8. The fourth-order valence-electron chi connectivity index (χ4n) is 2.67. The Morgan fingerprint density at radius 1 is 1.08 bits per heavy atom. The molecule has 0 spiro atoms. The second-order valence-electron chi connectivity index (χ2n) is 6.86. The second-order valence-corrected chi connectivity index (χ2v) is 8.77. The Hall–Kier alpha value is -1.66. The van der Waals surface area contributed by atoms with Crippen LogP contribution in [0.5, 0.6) is 0 Å². The van der Waals surface area contributed by atoms with Gasteiger partial charge in [0.2, 0.25) is 10.0 Å². The van der Waals surface area contributed by atoms with Crippen molar-refractivity contribution in [1.29, 1.82) is 0 Å². The molecule has 0 aliphatic heterocycles. The summed E-state index contributed by atoms with van der Waals surface area (Å²) in [5, 5.41) is 4.60. The minimum absolute atomic E-state index is 0.314. The number of nitrogens with zero attached hydrogens (tertiary/aromatic N) is 3. The lowest BCUT2D eigenvalue weighted by molar-refractivity contribution is 0.441. The van der Waals surface area contributed by atoms with E-state index in [4.69, 9.17) is 0 Å². The first-order valence-electron chi connectivity index (χ1n) is 8.32. The van der Waals surface area contributed by atoms with Gasteiger partial charge in [-0.1, -0.05) is 65.0 Å². The van der Waals surface area contributed by atoms with Gasteiger partial charge in [0.05, 0.1) is 12.2 Å². The Morgan fingerprint density at radius 3 is 2.17 bits per heavy atom. The number of rotatable bonds is 6. The van der Waals surface area contributed by atoms with Crippen molar-refractivity contribution in [3.05, 3.63) is 47.8 Å². The van der Waals surface area contributed by atoms with E-state index in [-0.39, 0.29) is 5.41 Å². The van der Waals surface area contributed by atoms with Crippen molar-refractivity contribution in [2.75, 3.05) is 13.1 Å². The smallest absolute Gasteiger partial charge is 0.246 e. The molecule has 0 amide bonds. The molecule has 5 nitrogen and oxygen atoms in total. The van der Waals surface area contributed by atoms with Gasteiger partial charge in [-0.15, -0.1) is 0 Å². The van der Waals surface area contributed by atoms with Gasteiger partial charge in [0.25, 0.3) is 0 Å². The molecule has 1 aromatic carbocycles. The average Bonchev–Trinajstić information content (AvgIpc) is 2.94. The fraction of sp³-hybridized carbons (Fsp3) is 0.500. The number of benzene rings is 1. The van der Waals surface area contributed by atoms with Crippen LogP contribution < -0.4 is 0 Å². The molecule has 0 unspecified atom stereocenters. The maximum Gasteiger partial charge on any atom is 0.246 e. The van der Waals surface area contributed by atoms with Crippen LogP contribution in [0.1, 0.15) is 45.9 Å². The zero-order valence-electron chi connectivity index (χ0n) is 15.2. The van der Waals surface area contributed by atoms with Gasteiger partial charge >= 0.3 is 0 Å². The van der Waals surface area contributed by atoms with E-state index in [9.17, 15) is 8.42 Å².